The quantitative estimate of drug-likeness (QED) is 0.625. The fourth-order valence-electron chi connectivity index (χ4n) is 1.24. The number of nitrogen functional groups attached to an aromatic ring is 1. The average molecular weight is 287 g/mol. The van der Waals surface area contributed by atoms with Crippen molar-refractivity contribution >= 4 is 45.1 Å². The van der Waals surface area contributed by atoms with Crippen LogP contribution < -0.4 is 5.73 Å². The molecule has 0 unspecified atom stereocenters. The lowest BCUT2D eigenvalue weighted by molar-refractivity contribution is 1.31. The summed E-state index contributed by atoms with van der Waals surface area (Å²) in [5.41, 5.74) is 6.70. The number of hydrogen-bond donors (Lipinski definition) is 2. The molecule has 0 radical (unpaired) electrons. The molecule has 3 N–H and O–H groups in total. The summed E-state index contributed by atoms with van der Waals surface area (Å²) in [5.74, 6) is -0.00752. The lowest BCUT2D eigenvalue weighted by Crippen LogP contribution is -2.12. The Balaban J connectivity index is 0.00000112. The molecule has 0 spiro atoms. The molecule has 1 aromatic carbocycles. The van der Waals surface area contributed by atoms with Gasteiger partial charge in [0.2, 0.25) is 0 Å². The predicted octanol–water partition coefficient (Wildman–Crippen LogP) is 2.70. The SMILES string of the molecule is Cl.N=C(N)c1ccc2ccc(Br)cc2n1. The highest BCUT2D eigenvalue weighted by Gasteiger charge is 2.00. The number of nitrogens with one attached hydrogen (secondary N) is 1. The van der Waals surface area contributed by atoms with Gasteiger partial charge < -0.3 is 5.73 Å². The van der Waals surface area contributed by atoms with E-state index in [2.05, 4.69) is 20.9 Å². The molecule has 2 rings (SSSR count). The molecule has 0 fully saturated rings. The summed E-state index contributed by atoms with van der Waals surface area (Å²) in [4.78, 5) is 4.26. The lowest BCUT2D eigenvalue weighted by Gasteiger charge is -2.01. The molecule has 0 saturated carbocycles. The Labute approximate surface area is 102 Å². The van der Waals surface area contributed by atoms with Crippen LogP contribution >= 0.6 is 28.3 Å². The topological polar surface area (TPSA) is 62.8 Å². The fraction of sp³-hybridized carbons (Fsp3) is 0. The Morgan fingerprint density at radius 2 is 1.93 bits per heavy atom. The second kappa shape index (κ2) is 4.59. The molecule has 1 heterocycles. The van der Waals surface area contributed by atoms with Crippen molar-refractivity contribution < 1.29 is 0 Å². The zero-order valence-electron chi connectivity index (χ0n) is 7.70. The highest BCUT2D eigenvalue weighted by molar-refractivity contribution is 9.10. The van der Waals surface area contributed by atoms with Crippen molar-refractivity contribution in [2.45, 2.75) is 0 Å². The van der Waals surface area contributed by atoms with Crippen molar-refractivity contribution in [1.82, 2.24) is 4.98 Å². The molecule has 0 saturated heterocycles. The van der Waals surface area contributed by atoms with Crippen LogP contribution in [0.5, 0.6) is 0 Å². The summed E-state index contributed by atoms with van der Waals surface area (Å²) < 4.78 is 0.971. The van der Waals surface area contributed by atoms with Crippen LogP contribution in [-0.2, 0) is 0 Å². The van der Waals surface area contributed by atoms with E-state index in [-0.39, 0.29) is 18.2 Å². The second-order valence-corrected chi connectivity index (χ2v) is 3.86. The molecule has 0 atom stereocenters. The zero-order valence-corrected chi connectivity index (χ0v) is 10.1. The van der Waals surface area contributed by atoms with Crippen molar-refractivity contribution in [3.05, 3.63) is 40.5 Å². The zero-order chi connectivity index (χ0) is 10.1. The molecular weight excluding hydrogens is 277 g/mol. The first-order valence-corrected chi connectivity index (χ1v) is 4.87. The van der Waals surface area contributed by atoms with E-state index in [1.807, 2.05) is 24.3 Å². The molecule has 0 aliphatic carbocycles. The first-order chi connectivity index (χ1) is 6.66. The Morgan fingerprint density at radius 1 is 1.27 bits per heavy atom. The number of nitrogens with zero attached hydrogens (tertiary/aromatic N) is 1. The maximum absolute atomic E-state index is 7.27. The van der Waals surface area contributed by atoms with E-state index in [1.54, 1.807) is 6.07 Å². The third-order valence-corrected chi connectivity index (χ3v) is 2.42. The molecule has 2 aromatic rings. The first-order valence-electron chi connectivity index (χ1n) is 4.07. The summed E-state index contributed by atoms with van der Waals surface area (Å²) in [5, 5.41) is 8.31. The van der Waals surface area contributed by atoms with E-state index >= 15 is 0 Å². The molecule has 3 nitrogen and oxygen atoms in total. The van der Waals surface area contributed by atoms with Gasteiger partial charge in [0.05, 0.1) is 5.52 Å². The van der Waals surface area contributed by atoms with Gasteiger partial charge in [-0.15, -0.1) is 12.4 Å². The summed E-state index contributed by atoms with van der Waals surface area (Å²) in [6.07, 6.45) is 0. The normalized spacial score (nSPS) is 9.67. The number of benzene rings is 1. The van der Waals surface area contributed by atoms with Gasteiger partial charge in [-0.1, -0.05) is 28.1 Å². The minimum atomic E-state index is -0.00752. The smallest absolute Gasteiger partial charge is 0.141 e. The van der Waals surface area contributed by atoms with E-state index in [9.17, 15) is 0 Å². The number of aromatic nitrogens is 1. The monoisotopic (exact) mass is 285 g/mol. The van der Waals surface area contributed by atoms with E-state index < -0.39 is 0 Å². The Hall–Kier alpha value is -1.13. The van der Waals surface area contributed by atoms with E-state index in [0.717, 1.165) is 15.4 Å². The Kier molecular flexibility index (Phi) is 3.66. The Morgan fingerprint density at radius 3 is 2.60 bits per heavy atom. The first kappa shape index (κ1) is 11.9. The van der Waals surface area contributed by atoms with Crippen molar-refractivity contribution in [2.24, 2.45) is 5.73 Å². The highest BCUT2D eigenvalue weighted by atomic mass is 79.9. The molecule has 1 aromatic heterocycles. The van der Waals surface area contributed by atoms with Crippen LogP contribution in [0.15, 0.2) is 34.8 Å². The van der Waals surface area contributed by atoms with Gasteiger partial charge in [-0.05, 0) is 18.2 Å². The number of hydrogen-bond acceptors (Lipinski definition) is 2. The molecule has 15 heavy (non-hydrogen) atoms. The van der Waals surface area contributed by atoms with E-state index in [4.69, 9.17) is 11.1 Å². The molecule has 0 bridgehead atoms. The van der Waals surface area contributed by atoms with Gasteiger partial charge >= 0.3 is 0 Å². The van der Waals surface area contributed by atoms with Gasteiger partial charge in [-0.2, -0.15) is 0 Å². The van der Waals surface area contributed by atoms with Crippen LogP contribution in [0.3, 0.4) is 0 Å². The third kappa shape index (κ3) is 2.46. The van der Waals surface area contributed by atoms with E-state index in [0.29, 0.717) is 5.69 Å². The summed E-state index contributed by atoms with van der Waals surface area (Å²) in [7, 11) is 0. The van der Waals surface area contributed by atoms with Gasteiger partial charge in [0.15, 0.2) is 0 Å². The number of amidine groups is 1. The molecule has 78 valence electrons. The van der Waals surface area contributed by atoms with Crippen LogP contribution in [0, 0.1) is 5.41 Å². The molecule has 0 aliphatic heterocycles. The van der Waals surface area contributed by atoms with Crippen LogP contribution in [0.4, 0.5) is 0 Å². The second-order valence-electron chi connectivity index (χ2n) is 2.95. The number of pyridine rings is 1. The van der Waals surface area contributed by atoms with E-state index in [1.165, 1.54) is 0 Å². The fourth-order valence-corrected chi connectivity index (χ4v) is 1.59. The van der Waals surface area contributed by atoms with Gasteiger partial charge in [0.1, 0.15) is 11.5 Å². The number of halogens is 2. The molecule has 5 heteroatoms. The van der Waals surface area contributed by atoms with Gasteiger partial charge in [0.25, 0.3) is 0 Å². The minimum Gasteiger partial charge on any atom is -0.382 e. The standard InChI is InChI=1S/C10H8BrN3.ClH/c11-7-3-1-6-2-4-8(10(12)13)14-9(6)5-7;/h1-5H,(H3,12,13);1H. The lowest BCUT2D eigenvalue weighted by atomic mass is 10.2. The average Bonchev–Trinajstić information content (AvgIpc) is 2.16. The van der Waals surface area contributed by atoms with Crippen molar-refractivity contribution in [3.8, 4) is 0 Å². The maximum Gasteiger partial charge on any atom is 0.141 e. The highest BCUT2D eigenvalue weighted by Crippen LogP contribution is 2.18. The van der Waals surface area contributed by atoms with Crippen LogP contribution in [0.2, 0.25) is 0 Å². The Bertz CT molecular complexity index is 513. The van der Waals surface area contributed by atoms with Crippen LogP contribution in [0.25, 0.3) is 10.9 Å². The number of rotatable bonds is 1. The van der Waals surface area contributed by atoms with Crippen molar-refractivity contribution in [3.63, 3.8) is 0 Å². The van der Waals surface area contributed by atoms with Gasteiger partial charge in [-0.3, -0.25) is 5.41 Å². The van der Waals surface area contributed by atoms with Crippen molar-refractivity contribution in [2.75, 3.05) is 0 Å². The third-order valence-electron chi connectivity index (χ3n) is 1.93. The summed E-state index contributed by atoms with van der Waals surface area (Å²) in [6.45, 7) is 0. The number of fused-ring (bicyclic) bond motifs is 1. The van der Waals surface area contributed by atoms with Gasteiger partial charge in [0, 0.05) is 9.86 Å². The largest absolute Gasteiger partial charge is 0.382 e. The molecule has 0 amide bonds. The number of nitrogens with two attached hydrogens (primary N) is 1. The molecule has 0 aliphatic rings. The summed E-state index contributed by atoms with van der Waals surface area (Å²) in [6, 6.07) is 9.49. The van der Waals surface area contributed by atoms with Gasteiger partial charge in [-0.25, -0.2) is 4.98 Å². The predicted molar refractivity (Wildman–Crippen MR) is 67.7 cm³/mol. The van der Waals surface area contributed by atoms with Crippen LogP contribution in [-0.4, -0.2) is 10.8 Å². The summed E-state index contributed by atoms with van der Waals surface area (Å²) >= 11 is 3.37. The van der Waals surface area contributed by atoms with Crippen LogP contribution in [0.1, 0.15) is 5.69 Å². The maximum atomic E-state index is 7.27. The molecular formula is C10H9BrClN3. The minimum absolute atomic E-state index is 0. The van der Waals surface area contributed by atoms with Crippen molar-refractivity contribution in [1.29, 1.82) is 5.41 Å².